The van der Waals surface area contributed by atoms with Gasteiger partial charge in [0, 0.05) is 24.6 Å². The van der Waals surface area contributed by atoms with Crippen LogP contribution in [0, 0.1) is 18.8 Å². The van der Waals surface area contributed by atoms with Crippen molar-refractivity contribution >= 4 is 11.6 Å². The minimum Gasteiger partial charge on any atom is -0.353 e. The Kier molecular flexibility index (Phi) is 5.04. The van der Waals surface area contributed by atoms with E-state index in [4.69, 9.17) is 10.8 Å². The SMILES string of the molecule is CCCc1nc(NN)c(C)c(N2CC(C)CC(C)C2C)n1. The van der Waals surface area contributed by atoms with Crippen LogP contribution in [0.25, 0.3) is 0 Å². The fourth-order valence-corrected chi connectivity index (χ4v) is 3.30. The lowest BCUT2D eigenvalue weighted by Gasteiger charge is -2.42. The topological polar surface area (TPSA) is 67.1 Å². The summed E-state index contributed by atoms with van der Waals surface area (Å²) in [5.41, 5.74) is 3.78. The van der Waals surface area contributed by atoms with E-state index in [-0.39, 0.29) is 0 Å². The van der Waals surface area contributed by atoms with Crippen molar-refractivity contribution in [1.82, 2.24) is 9.97 Å². The fourth-order valence-electron chi connectivity index (χ4n) is 3.30. The number of hydrazine groups is 1. The van der Waals surface area contributed by atoms with Crippen LogP contribution in [0.4, 0.5) is 11.6 Å². The molecule has 1 aromatic rings. The maximum atomic E-state index is 5.64. The van der Waals surface area contributed by atoms with Crippen molar-refractivity contribution in [2.75, 3.05) is 16.9 Å². The van der Waals surface area contributed by atoms with E-state index in [1.165, 1.54) is 6.42 Å². The average Bonchev–Trinajstić information content (AvgIpc) is 2.45. The van der Waals surface area contributed by atoms with Gasteiger partial charge >= 0.3 is 0 Å². The zero-order chi connectivity index (χ0) is 15.6. The summed E-state index contributed by atoms with van der Waals surface area (Å²) < 4.78 is 0. The predicted molar refractivity (Wildman–Crippen MR) is 88.3 cm³/mol. The number of piperidine rings is 1. The van der Waals surface area contributed by atoms with E-state index < -0.39 is 0 Å². The van der Waals surface area contributed by atoms with Crippen molar-refractivity contribution in [3.63, 3.8) is 0 Å². The van der Waals surface area contributed by atoms with Crippen LogP contribution in [0.5, 0.6) is 0 Å². The molecule has 118 valence electrons. The molecule has 0 aromatic carbocycles. The zero-order valence-corrected chi connectivity index (χ0v) is 14.0. The molecule has 5 heteroatoms. The molecule has 0 aliphatic carbocycles. The third-order valence-corrected chi connectivity index (χ3v) is 4.65. The van der Waals surface area contributed by atoms with Gasteiger partial charge in [-0.05, 0) is 38.5 Å². The fraction of sp³-hybridized carbons (Fsp3) is 0.750. The smallest absolute Gasteiger partial charge is 0.148 e. The maximum absolute atomic E-state index is 5.64. The Hall–Kier alpha value is -1.36. The van der Waals surface area contributed by atoms with Crippen molar-refractivity contribution in [2.24, 2.45) is 17.7 Å². The highest BCUT2D eigenvalue weighted by atomic mass is 15.3. The first kappa shape index (κ1) is 16.0. The van der Waals surface area contributed by atoms with E-state index >= 15 is 0 Å². The van der Waals surface area contributed by atoms with Gasteiger partial charge in [-0.2, -0.15) is 0 Å². The number of nitrogens with two attached hydrogens (primary N) is 1. The van der Waals surface area contributed by atoms with E-state index in [1.54, 1.807) is 0 Å². The number of aryl methyl sites for hydroxylation is 1. The molecule has 1 aliphatic rings. The number of hydrogen-bond donors (Lipinski definition) is 2. The van der Waals surface area contributed by atoms with Gasteiger partial charge in [0.1, 0.15) is 17.5 Å². The van der Waals surface area contributed by atoms with E-state index in [0.29, 0.717) is 17.9 Å². The molecule has 21 heavy (non-hydrogen) atoms. The molecule has 3 atom stereocenters. The molecule has 0 bridgehead atoms. The number of nitrogens with zero attached hydrogens (tertiary/aromatic N) is 3. The predicted octanol–water partition coefficient (Wildman–Crippen LogP) is 2.89. The Balaban J connectivity index is 2.43. The standard InChI is InChI=1S/C16H29N5/c1-6-7-14-18-15(20-17)12(4)16(19-14)21-9-10(2)8-11(3)13(21)5/h10-11,13H,6-9,17H2,1-5H3,(H,18,19,20). The lowest BCUT2D eigenvalue weighted by atomic mass is 9.86. The highest BCUT2D eigenvalue weighted by Gasteiger charge is 2.31. The molecule has 3 unspecified atom stereocenters. The molecule has 1 saturated heterocycles. The average molecular weight is 291 g/mol. The number of aromatic nitrogens is 2. The number of nitrogens with one attached hydrogen (secondary N) is 1. The van der Waals surface area contributed by atoms with Gasteiger partial charge in [-0.25, -0.2) is 15.8 Å². The minimum absolute atomic E-state index is 0.495. The normalized spacial score (nSPS) is 26.0. The second-order valence-corrected chi connectivity index (χ2v) is 6.54. The monoisotopic (exact) mass is 291 g/mol. The Labute approximate surface area is 128 Å². The third-order valence-electron chi connectivity index (χ3n) is 4.65. The molecule has 2 rings (SSSR count). The van der Waals surface area contributed by atoms with Gasteiger partial charge in [-0.3, -0.25) is 0 Å². The summed E-state index contributed by atoms with van der Waals surface area (Å²) in [6.45, 7) is 12.2. The molecule has 3 N–H and O–H groups in total. The Morgan fingerprint density at radius 1 is 1.29 bits per heavy atom. The summed E-state index contributed by atoms with van der Waals surface area (Å²) in [7, 11) is 0. The van der Waals surface area contributed by atoms with Crippen LogP contribution in [0.2, 0.25) is 0 Å². The molecule has 5 nitrogen and oxygen atoms in total. The van der Waals surface area contributed by atoms with Gasteiger partial charge in [-0.1, -0.05) is 20.8 Å². The summed E-state index contributed by atoms with van der Waals surface area (Å²) in [5, 5.41) is 0. The van der Waals surface area contributed by atoms with Crippen molar-refractivity contribution in [3.05, 3.63) is 11.4 Å². The maximum Gasteiger partial charge on any atom is 0.148 e. The van der Waals surface area contributed by atoms with Crippen LogP contribution >= 0.6 is 0 Å². The van der Waals surface area contributed by atoms with Gasteiger partial charge < -0.3 is 10.3 Å². The Morgan fingerprint density at radius 2 is 2.00 bits per heavy atom. The van der Waals surface area contributed by atoms with Gasteiger partial charge in [0.25, 0.3) is 0 Å². The minimum atomic E-state index is 0.495. The van der Waals surface area contributed by atoms with Crippen LogP contribution in [0.15, 0.2) is 0 Å². The Bertz CT molecular complexity index is 488. The first-order valence-electron chi connectivity index (χ1n) is 8.08. The number of anilines is 2. The molecule has 0 saturated carbocycles. The molecule has 1 fully saturated rings. The van der Waals surface area contributed by atoms with E-state index in [2.05, 4.69) is 49.9 Å². The highest BCUT2D eigenvalue weighted by Crippen LogP contribution is 2.33. The lowest BCUT2D eigenvalue weighted by molar-refractivity contribution is 0.295. The summed E-state index contributed by atoms with van der Waals surface area (Å²) in [6.07, 6.45) is 3.20. The molecular weight excluding hydrogens is 262 g/mol. The van der Waals surface area contributed by atoms with Crippen LogP contribution in [0.3, 0.4) is 0 Å². The van der Waals surface area contributed by atoms with E-state index in [9.17, 15) is 0 Å². The summed E-state index contributed by atoms with van der Waals surface area (Å²) >= 11 is 0. The zero-order valence-electron chi connectivity index (χ0n) is 14.0. The van der Waals surface area contributed by atoms with Crippen LogP contribution in [-0.2, 0) is 6.42 Å². The Morgan fingerprint density at radius 3 is 2.62 bits per heavy atom. The van der Waals surface area contributed by atoms with Gasteiger partial charge in [0.15, 0.2) is 0 Å². The van der Waals surface area contributed by atoms with Crippen molar-refractivity contribution in [1.29, 1.82) is 0 Å². The number of rotatable bonds is 4. The second kappa shape index (κ2) is 6.60. The van der Waals surface area contributed by atoms with Gasteiger partial charge in [0.2, 0.25) is 0 Å². The summed E-state index contributed by atoms with van der Waals surface area (Å²) in [6, 6.07) is 0.495. The first-order valence-corrected chi connectivity index (χ1v) is 8.08. The van der Waals surface area contributed by atoms with Crippen LogP contribution in [0.1, 0.15) is 51.9 Å². The molecule has 1 aliphatic heterocycles. The molecule has 0 amide bonds. The molecule has 2 heterocycles. The number of nitrogen functional groups attached to an aromatic ring is 1. The summed E-state index contributed by atoms with van der Waals surface area (Å²) in [4.78, 5) is 11.8. The third kappa shape index (κ3) is 3.28. The molecule has 0 spiro atoms. The number of hydrogen-bond acceptors (Lipinski definition) is 5. The highest BCUT2D eigenvalue weighted by molar-refractivity contribution is 5.59. The quantitative estimate of drug-likeness (QED) is 0.659. The first-order chi connectivity index (χ1) is 9.97. The van der Waals surface area contributed by atoms with E-state index in [0.717, 1.165) is 42.4 Å². The van der Waals surface area contributed by atoms with Crippen LogP contribution < -0.4 is 16.2 Å². The molecule has 1 aromatic heterocycles. The van der Waals surface area contributed by atoms with Crippen molar-refractivity contribution < 1.29 is 0 Å². The largest absolute Gasteiger partial charge is 0.353 e. The van der Waals surface area contributed by atoms with Gasteiger partial charge in [-0.15, -0.1) is 0 Å². The van der Waals surface area contributed by atoms with Crippen LogP contribution in [-0.4, -0.2) is 22.6 Å². The van der Waals surface area contributed by atoms with Crippen molar-refractivity contribution in [3.8, 4) is 0 Å². The molecule has 0 radical (unpaired) electrons. The lowest BCUT2D eigenvalue weighted by Crippen LogP contribution is -2.46. The van der Waals surface area contributed by atoms with Gasteiger partial charge in [0.05, 0.1) is 0 Å². The van der Waals surface area contributed by atoms with Crippen molar-refractivity contribution in [2.45, 2.75) is 59.9 Å². The van der Waals surface area contributed by atoms with E-state index in [1.807, 2.05) is 0 Å². The molecular formula is C16H29N5. The summed E-state index contributed by atoms with van der Waals surface area (Å²) in [5.74, 6) is 9.69. The second-order valence-electron chi connectivity index (χ2n) is 6.54.